The van der Waals surface area contributed by atoms with Crippen LogP contribution in [-0.2, 0) is 4.79 Å². The largest absolute Gasteiger partial charge is 0.396 e. The highest BCUT2D eigenvalue weighted by Gasteiger charge is 2.31. The normalized spacial score (nSPS) is 20.1. The van der Waals surface area contributed by atoms with Crippen LogP contribution in [0, 0.1) is 5.41 Å². The number of amides is 1. The maximum atomic E-state index is 11.7. The Morgan fingerprint density at radius 3 is 2.67 bits per heavy atom. The van der Waals surface area contributed by atoms with Crippen LogP contribution in [0.25, 0.3) is 0 Å². The van der Waals surface area contributed by atoms with E-state index in [-0.39, 0.29) is 24.0 Å². The summed E-state index contributed by atoms with van der Waals surface area (Å²) in [7, 11) is 0. The van der Waals surface area contributed by atoms with E-state index in [1.54, 1.807) is 6.08 Å². The Balaban J connectivity index is 2.37. The molecule has 4 nitrogen and oxygen atoms in total. The van der Waals surface area contributed by atoms with Crippen LogP contribution in [0.2, 0.25) is 0 Å². The van der Waals surface area contributed by atoms with Crippen molar-refractivity contribution in [1.29, 1.82) is 0 Å². The zero-order valence-corrected chi connectivity index (χ0v) is 11.4. The van der Waals surface area contributed by atoms with Gasteiger partial charge in [-0.1, -0.05) is 25.3 Å². The molecule has 0 saturated heterocycles. The predicted octanol–water partition coefficient (Wildman–Crippen LogP) is 1.21. The van der Waals surface area contributed by atoms with Crippen molar-refractivity contribution in [3.63, 3.8) is 0 Å². The first-order valence-corrected chi connectivity index (χ1v) is 6.86. The standard InChI is InChI=1S/C14H26N2O2/c1-3-9-15-13(18)12(2)16-10-14(11-17)7-5-4-6-8-14/h3,12,16-17H,1,4-11H2,2H3,(H,15,18). The van der Waals surface area contributed by atoms with Crippen LogP contribution >= 0.6 is 0 Å². The summed E-state index contributed by atoms with van der Waals surface area (Å²) < 4.78 is 0. The van der Waals surface area contributed by atoms with Crippen LogP contribution in [0.15, 0.2) is 12.7 Å². The third-order valence-electron chi connectivity index (χ3n) is 3.85. The minimum absolute atomic E-state index is 0.0150. The van der Waals surface area contributed by atoms with Crippen LogP contribution < -0.4 is 10.6 Å². The molecular weight excluding hydrogens is 228 g/mol. The molecule has 0 aromatic carbocycles. The van der Waals surface area contributed by atoms with Crippen molar-refractivity contribution in [3.8, 4) is 0 Å². The second kappa shape index (κ2) is 7.54. The Hall–Kier alpha value is -0.870. The Morgan fingerprint density at radius 1 is 1.44 bits per heavy atom. The highest BCUT2D eigenvalue weighted by molar-refractivity contribution is 5.81. The molecule has 1 aliphatic rings. The molecule has 0 spiro atoms. The summed E-state index contributed by atoms with van der Waals surface area (Å²) in [4.78, 5) is 11.7. The fraction of sp³-hybridized carbons (Fsp3) is 0.786. The Labute approximate surface area is 110 Å². The van der Waals surface area contributed by atoms with E-state index in [1.165, 1.54) is 19.3 Å². The first-order chi connectivity index (χ1) is 8.63. The third-order valence-corrected chi connectivity index (χ3v) is 3.85. The summed E-state index contributed by atoms with van der Waals surface area (Å²) >= 11 is 0. The van der Waals surface area contributed by atoms with Gasteiger partial charge in [0.2, 0.25) is 5.91 Å². The number of nitrogens with one attached hydrogen (secondary N) is 2. The molecule has 3 N–H and O–H groups in total. The van der Waals surface area contributed by atoms with Crippen molar-refractivity contribution in [2.75, 3.05) is 19.7 Å². The average Bonchev–Trinajstić information content (AvgIpc) is 2.43. The van der Waals surface area contributed by atoms with Gasteiger partial charge in [0.05, 0.1) is 6.04 Å². The number of rotatable bonds is 7. The number of carbonyl (C=O) groups is 1. The van der Waals surface area contributed by atoms with Gasteiger partial charge < -0.3 is 15.7 Å². The minimum atomic E-state index is -0.227. The summed E-state index contributed by atoms with van der Waals surface area (Å²) in [6.07, 6.45) is 7.39. The van der Waals surface area contributed by atoms with Crippen molar-refractivity contribution in [1.82, 2.24) is 10.6 Å². The van der Waals surface area contributed by atoms with Gasteiger partial charge in [-0.2, -0.15) is 0 Å². The molecule has 0 heterocycles. The summed E-state index contributed by atoms with van der Waals surface area (Å²) in [5.41, 5.74) is -0.0226. The van der Waals surface area contributed by atoms with Crippen LogP contribution in [0.1, 0.15) is 39.0 Å². The maximum absolute atomic E-state index is 11.7. The van der Waals surface area contributed by atoms with E-state index in [1.807, 2.05) is 6.92 Å². The van der Waals surface area contributed by atoms with Crippen molar-refractivity contribution in [3.05, 3.63) is 12.7 Å². The number of hydrogen-bond donors (Lipinski definition) is 3. The number of carbonyl (C=O) groups excluding carboxylic acids is 1. The van der Waals surface area contributed by atoms with Crippen LogP contribution in [0.5, 0.6) is 0 Å². The fourth-order valence-electron chi connectivity index (χ4n) is 2.48. The zero-order valence-electron chi connectivity index (χ0n) is 11.4. The van der Waals surface area contributed by atoms with E-state index in [0.29, 0.717) is 13.1 Å². The molecule has 1 amide bonds. The second-order valence-corrected chi connectivity index (χ2v) is 5.36. The lowest BCUT2D eigenvalue weighted by Crippen LogP contribution is -2.48. The van der Waals surface area contributed by atoms with Gasteiger partial charge in [-0.3, -0.25) is 4.79 Å². The topological polar surface area (TPSA) is 61.4 Å². The molecular formula is C14H26N2O2. The van der Waals surface area contributed by atoms with Gasteiger partial charge in [-0.05, 0) is 19.8 Å². The molecule has 18 heavy (non-hydrogen) atoms. The van der Waals surface area contributed by atoms with E-state index in [9.17, 15) is 9.90 Å². The van der Waals surface area contributed by atoms with Crippen molar-refractivity contribution < 1.29 is 9.90 Å². The fourth-order valence-corrected chi connectivity index (χ4v) is 2.48. The lowest BCUT2D eigenvalue weighted by Gasteiger charge is -2.36. The summed E-state index contributed by atoms with van der Waals surface area (Å²) in [5, 5.41) is 15.6. The summed E-state index contributed by atoms with van der Waals surface area (Å²) in [5.74, 6) is -0.0150. The number of aliphatic hydroxyl groups excluding tert-OH is 1. The van der Waals surface area contributed by atoms with Gasteiger partial charge in [-0.15, -0.1) is 6.58 Å². The molecule has 0 aromatic heterocycles. The highest BCUT2D eigenvalue weighted by Crippen LogP contribution is 2.35. The molecule has 0 radical (unpaired) electrons. The van der Waals surface area contributed by atoms with E-state index < -0.39 is 0 Å². The first kappa shape index (κ1) is 15.2. The third kappa shape index (κ3) is 4.42. The Bertz CT molecular complexity index is 273. The van der Waals surface area contributed by atoms with Gasteiger partial charge in [0.1, 0.15) is 0 Å². The quantitative estimate of drug-likeness (QED) is 0.598. The predicted molar refractivity (Wildman–Crippen MR) is 73.3 cm³/mol. The monoisotopic (exact) mass is 254 g/mol. The molecule has 1 atom stereocenters. The Kier molecular flexibility index (Phi) is 6.36. The van der Waals surface area contributed by atoms with Gasteiger partial charge >= 0.3 is 0 Å². The average molecular weight is 254 g/mol. The SMILES string of the molecule is C=CCNC(=O)C(C)NCC1(CO)CCCCC1. The summed E-state index contributed by atoms with van der Waals surface area (Å²) in [6, 6.07) is -0.227. The smallest absolute Gasteiger partial charge is 0.237 e. The van der Waals surface area contributed by atoms with Gasteiger partial charge in [0.25, 0.3) is 0 Å². The van der Waals surface area contributed by atoms with Crippen molar-refractivity contribution >= 4 is 5.91 Å². The molecule has 1 unspecified atom stereocenters. The lowest BCUT2D eigenvalue weighted by molar-refractivity contribution is -0.122. The van der Waals surface area contributed by atoms with Gasteiger partial charge in [0.15, 0.2) is 0 Å². The summed E-state index contributed by atoms with van der Waals surface area (Å²) in [6.45, 7) is 6.84. The molecule has 1 rings (SSSR count). The lowest BCUT2D eigenvalue weighted by atomic mass is 9.74. The molecule has 4 heteroatoms. The number of hydrogen-bond acceptors (Lipinski definition) is 3. The zero-order chi connectivity index (χ0) is 13.4. The molecule has 1 saturated carbocycles. The molecule has 0 aliphatic heterocycles. The van der Waals surface area contributed by atoms with Crippen molar-refractivity contribution in [2.24, 2.45) is 5.41 Å². The molecule has 104 valence electrons. The first-order valence-electron chi connectivity index (χ1n) is 6.86. The molecule has 0 bridgehead atoms. The second-order valence-electron chi connectivity index (χ2n) is 5.36. The van der Waals surface area contributed by atoms with Crippen molar-refractivity contribution in [2.45, 2.75) is 45.1 Å². The van der Waals surface area contributed by atoms with E-state index in [2.05, 4.69) is 17.2 Å². The van der Waals surface area contributed by atoms with Gasteiger partial charge in [-0.25, -0.2) is 0 Å². The van der Waals surface area contributed by atoms with E-state index in [0.717, 1.165) is 12.8 Å². The van der Waals surface area contributed by atoms with E-state index in [4.69, 9.17) is 0 Å². The molecule has 1 fully saturated rings. The minimum Gasteiger partial charge on any atom is -0.396 e. The van der Waals surface area contributed by atoms with Crippen LogP contribution in [0.4, 0.5) is 0 Å². The van der Waals surface area contributed by atoms with Crippen LogP contribution in [-0.4, -0.2) is 36.8 Å². The molecule has 1 aliphatic carbocycles. The highest BCUT2D eigenvalue weighted by atomic mass is 16.3. The Morgan fingerprint density at radius 2 is 2.11 bits per heavy atom. The molecule has 0 aromatic rings. The van der Waals surface area contributed by atoms with Gasteiger partial charge in [0, 0.05) is 25.1 Å². The number of aliphatic hydroxyl groups is 1. The maximum Gasteiger partial charge on any atom is 0.237 e. The van der Waals surface area contributed by atoms with E-state index >= 15 is 0 Å². The van der Waals surface area contributed by atoms with Crippen LogP contribution in [0.3, 0.4) is 0 Å².